The molecule has 2 aromatic carbocycles. The van der Waals surface area contributed by atoms with Gasteiger partial charge in [-0.2, -0.15) is 0 Å². The van der Waals surface area contributed by atoms with Crippen LogP contribution < -0.4 is 15.5 Å². The molecular weight excluding hydrogens is 394 g/mol. The summed E-state index contributed by atoms with van der Waals surface area (Å²) in [5, 5.41) is 6.02. The second-order valence-electron chi connectivity index (χ2n) is 7.71. The fourth-order valence-corrected chi connectivity index (χ4v) is 4.19. The first-order chi connectivity index (χ1) is 14.6. The molecule has 1 aliphatic heterocycles. The number of piperidine rings is 1. The number of thioether (sulfide) groups is 1. The van der Waals surface area contributed by atoms with Gasteiger partial charge in [0, 0.05) is 35.4 Å². The largest absolute Gasteiger partial charge is 0.371 e. The molecule has 0 aromatic heterocycles. The highest BCUT2D eigenvalue weighted by atomic mass is 32.2. The van der Waals surface area contributed by atoms with Crippen molar-refractivity contribution in [3.63, 3.8) is 0 Å². The maximum Gasteiger partial charge on any atom is 0.253 e. The molecule has 1 heterocycles. The highest BCUT2D eigenvalue weighted by Gasteiger charge is 2.20. The molecule has 0 saturated carbocycles. The summed E-state index contributed by atoms with van der Waals surface area (Å²) in [5.74, 6) is 0.161. The summed E-state index contributed by atoms with van der Waals surface area (Å²) in [5.41, 5.74) is 2.24. The monoisotopic (exact) mass is 425 g/mol. The third kappa shape index (κ3) is 6.26. The summed E-state index contributed by atoms with van der Waals surface area (Å²) >= 11 is 1.50. The molecule has 2 amide bonds. The van der Waals surface area contributed by atoms with E-state index < -0.39 is 0 Å². The Hall–Kier alpha value is -2.47. The second-order valence-corrected chi connectivity index (χ2v) is 8.76. The summed E-state index contributed by atoms with van der Waals surface area (Å²) in [7, 11) is 0. The van der Waals surface area contributed by atoms with Gasteiger partial charge in [-0.05, 0) is 62.9 Å². The Morgan fingerprint density at radius 1 is 1.07 bits per heavy atom. The van der Waals surface area contributed by atoms with E-state index >= 15 is 0 Å². The van der Waals surface area contributed by atoms with Crippen molar-refractivity contribution in [2.75, 3.05) is 29.1 Å². The Bertz CT molecular complexity index is 851. The van der Waals surface area contributed by atoms with Gasteiger partial charge in [0.2, 0.25) is 5.91 Å². The molecule has 30 heavy (non-hydrogen) atoms. The molecule has 5 nitrogen and oxygen atoms in total. The lowest BCUT2D eigenvalue weighted by molar-refractivity contribution is -0.113. The lowest BCUT2D eigenvalue weighted by Crippen LogP contribution is -2.35. The molecule has 1 aliphatic rings. The van der Waals surface area contributed by atoms with Crippen molar-refractivity contribution in [2.24, 2.45) is 0 Å². The zero-order valence-electron chi connectivity index (χ0n) is 17.8. The molecule has 1 fully saturated rings. The minimum Gasteiger partial charge on any atom is -0.371 e. The normalized spacial score (nSPS) is 14.8. The predicted octanol–water partition coefficient (Wildman–Crippen LogP) is 4.94. The van der Waals surface area contributed by atoms with Crippen molar-refractivity contribution in [1.29, 1.82) is 0 Å². The van der Waals surface area contributed by atoms with Gasteiger partial charge in [0.1, 0.15) is 0 Å². The average molecular weight is 426 g/mol. The summed E-state index contributed by atoms with van der Waals surface area (Å²) in [6.07, 6.45) is 4.39. The Morgan fingerprint density at radius 2 is 1.80 bits per heavy atom. The third-order valence-electron chi connectivity index (χ3n) is 5.32. The van der Waals surface area contributed by atoms with Crippen LogP contribution in [0.2, 0.25) is 0 Å². The van der Waals surface area contributed by atoms with Crippen molar-refractivity contribution in [3.8, 4) is 0 Å². The van der Waals surface area contributed by atoms with Gasteiger partial charge < -0.3 is 15.5 Å². The van der Waals surface area contributed by atoms with Gasteiger partial charge in [-0.3, -0.25) is 9.59 Å². The second kappa shape index (κ2) is 11.1. The Kier molecular flexibility index (Phi) is 8.20. The van der Waals surface area contributed by atoms with E-state index in [0.717, 1.165) is 42.9 Å². The molecule has 1 atom stereocenters. The summed E-state index contributed by atoms with van der Waals surface area (Å²) in [6, 6.07) is 15.6. The lowest BCUT2D eigenvalue weighted by Gasteiger charge is -2.31. The first kappa shape index (κ1) is 22.2. The van der Waals surface area contributed by atoms with Crippen LogP contribution in [-0.2, 0) is 4.79 Å². The quantitative estimate of drug-likeness (QED) is 0.589. The molecule has 1 saturated heterocycles. The molecule has 6 heteroatoms. The Morgan fingerprint density at radius 3 is 2.50 bits per heavy atom. The fourth-order valence-electron chi connectivity index (χ4n) is 3.47. The molecule has 2 N–H and O–H groups in total. The van der Waals surface area contributed by atoms with Gasteiger partial charge >= 0.3 is 0 Å². The molecule has 0 bridgehead atoms. The van der Waals surface area contributed by atoms with Gasteiger partial charge in [-0.1, -0.05) is 25.1 Å². The molecule has 2 aromatic rings. The van der Waals surface area contributed by atoms with Crippen LogP contribution in [0.3, 0.4) is 0 Å². The Labute approximate surface area is 183 Å². The van der Waals surface area contributed by atoms with Crippen LogP contribution >= 0.6 is 11.8 Å². The smallest absolute Gasteiger partial charge is 0.253 e. The number of nitrogens with zero attached hydrogens (tertiary/aromatic N) is 1. The number of carbonyl (C=O) groups is 2. The van der Waals surface area contributed by atoms with E-state index in [2.05, 4.69) is 22.5 Å². The zero-order chi connectivity index (χ0) is 21.3. The summed E-state index contributed by atoms with van der Waals surface area (Å²) in [4.78, 5) is 28.7. The van der Waals surface area contributed by atoms with Crippen molar-refractivity contribution in [2.45, 2.75) is 50.5 Å². The van der Waals surface area contributed by atoms with Crippen LogP contribution in [0.15, 0.2) is 53.4 Å². The Balaban J connectivity index is 1.73. The minimum absolute atomic E-state index is 0.0807. The van der Waals surface area contributed by atoms with E-state index in [-0.39, 0.29) is 17.9 Å². The number of nitrogens with one attached hydrogen (secondary N) is 2. The maximum atomic E-state index is 13.0. The molecule has 0 spiro atoms. The summed E-state index contributed by atoms with van der Waals surface area (Å²) in [6.45, 7) is 5.98. The first-order valence-electron chi connectivity index (χ1n) is 10.7. The van der Waals surface area contributed by atoms with Gasteiger partial charge in [-0.15, -0.1) is 11.8 Å². The molecular formula is C24H31N3O2S. The van der Waals surface area contributed by atoms with Crippen molar-refractivity contribution < 1.29 is 9.59 Å². The SMILES string of the molecule is CC[C@H](C)NC(=O)c1cc(NC(=O)CSc2ccccc2)ccc1N1CCCCC1. The van der Waals surface area contributed by atoms with Crippen LogP contribution in [0.5, 0.6) is 0 Å². The number of hydrogen-bond donors (Lipinski definition) is 2. The van der Waals surface area contributed by atoms with Crippen LogP contribution in [0, 0.1) is 0 Å². The van der Waals surface area contributed by atoms with E-state index in [1.807, 2.05) is 55.5 Å². The highest BCUT2D eigenvalue weighted by molar-refractivity contribution is 8.00. The average Bonchev–Trinajstić information content (AvgIpc) is 2.78. The van der Waals surface area contributed by atoms with E-state index in [4.69, 9.17) is 0 Å². The number of rotatable bonds is 8. The molecule has 0 unspecified atom stereocenters. The molecule has 0 aliphatic carbocycles. The van der Waals surface area contributed by atoms with Crippen LogP contribution in [-0.4, -0.2) is 36.7 Å². The highest BCUT2D eigenvalue weighted by Crippen LogP contribution is 2.28. The maximum absolute atomic E-state index is 13.0. The lowest BCUT2D eigenvalue weighted by atomic mass is 10.1. The van der Waals surface area contributed by atoms with Gasteiger partial charge in [0.15, 0.2) is 0 Å². The topological polar surface area (TPSA) is 61.4 Å². The molecule has 3 rings (SSSR count). The van der Waals surface area contributed by atoms with E-state index in [1.165, 1.54) is 18.2 Å². The van der Waals surface area contributed by atoms with E-state index in [0.29, 0.717) is 17.0 Å². The predicted molar refractivity (Wildman–Crippen MR) is 126 cm³/mol. The molecule has 160 valence electrons. The van der Waals surface area contributed by atoms with Gasteiger partial charge in [0.05, 0.1) is 11.3 Å². The van der Waals surface area contributed by atoms with Crippen LogP contribution in [0.4, 0.5) is 11.4 Å². The zero-order valence-corrected chi connectivity index (χ0v) is 18.6. The van der Waals surface area contributed by atoms with Crippen LogP contribution in [0.1, 0.15) is 49.9 Å². The summed E-state index contributed by atoms with van der Waals surface area (Å²) < 4.78 is 0. The van der Waals surface area contributed by atoms with Gasteiger partial charge in [-0.25, -0.2) is 0 Å². The van der Waals surface area contributed by atoms with Crippen molar-refractivity contribution in [1.82, 2.24) is 5.32 Å². The third-order valence-corrected chi connectivity index (χ3v) is 6.34. The fraction of sp³-hybridized carbons (Fsp3) is 0.417. The number of amides is 2. The minimum atomic E-state index is -0.0836. The van der Waals surface area contributed by atoms with E-state index in [9.17, 15) is 9.59 Å². The van der Waals surface area contributed by atoms with E-state index in [1.54, 1.807) is 0 Å². The number of hydrogen-bond acceptors (Lipinski definition) is 4. The number of carbonyl (C=O) groups excluding carboxylic acids is 2. The first-order valence-corrected chi connectivity index (χ1v) is 11.7. The van der Waals surface area contributed by atoms with Crippen molar-refractivity contribution in [3.05, 3.63) is 54.1 Å². The number of anilines is 2. The number of benzene rings is 2. The standard InChI is InChI=1S/C24H31N3O2S/c1-3-18(2)25-24(29)21-16-19(12-13-22(21)27-14-8-5-9-15-27)26-23(28)17-30-20-10-6-4-7-11-20/h4,6-7,10-13,16,18H,3,5,8-9,14-15,17H2,1-2H3,(H,25,29)(H,26,28)/t18-/m0/s1. The van der Waals surface area contributed by atoms with Crippen molar-refractivity contribution >= 4 is 35.0 Å². The van der Waals surface area contributed by atoms with Crippen LogP contribution in [0.25, 0.3) is 0 Å². The van der Waals surface area contributed by atoms with Gasteiger partial charge in [0.25, 0.3) is 5.91 Å². The molecule has 0 radical (unpaired) electrons.